The molecule has 0 radical (unpaired) electrons. The number of hydrogen-bond donors (Lipinski definition) is 3. The van der Waals surface area contributed by atoms with Gasteiger partial charge >= 0.3 is 5.97 Å². The molecule has 1 aliphatic heterocycles. The number of rotatable bonds is 3. The molecular formula is C14H17N5O2. The molecule has 0 spiro atoms. The second-order valence-corrected chi connectivity index (χ2v) is 4.89. The number of carboxylic acids is 1. The molecule has 1 atom stereocenters. The number of hydrogen-bond acceptors (Lipinski definition) is 6. The summed E-state index contributed by atoms with van der Waals surface area (Å²) in [6.07, 6.45) is 0. The van der Waals surface area contributed by atoms with Crippen LogP contribution in [0.25, 0.3) is 11.0 Å². The maximum atomic E-state index is 11.5. The van der Waals surface area contributed by atoms with Gasteiger partial charge in [0, 0.05) is 26.7 Å². The Hall–Kier alpha value is -2.41. The number of piperazine rings is 1. The first-order valence-electron chi connectivity index (χ1n) is 6.85. The summed E-state index contributed by atoms with van der Waals surface area (Å²) in [5, 5.41) is 15.5. The molecule has 1 saturated heterocycles. The second kappa shape index (κ2) is 5.53. The molecule has 21 heavy (non-hydrogen) atoms. The first-order valence-corrected chi connectivity index (χ1v) is 6.85. The highest BCUT2D eigenvalue weighted by atomic mass is 16.4. The van der Waals surface area contributed by atoms with Crippen molar-refractivity contribution in [1.82, 2.24) is 15.3 Å². The van der Waals surface area contributed by atoms with Gasteiger partial charge in [-0.2, -0.15) is 0 Å². The van der Waals surface area contributed by atoms with Gasteiger partial charge in [-0.25, -0.2) is 14.8 Å². The normalized spacial score (nSPS) is 18.7. The number of nitrogens with one attached hydrogen (secondary N) is 2. The molecule has 1 aromatic carbocycles. The highest BCUT2D eigenvalue weighted by molar-refractivity contribution is 5.84. The van der Waals surface area contributed by atoms with Gasteiger partial charge in [-0.15, -0.1) is 0 Å². The average molecular weight is 287 g/mol. The monoisotopic (exact) mass is 287 g/mol. The molecule has 0 aliphatic carbocycles. The molecule has 2 heterocycles. The third-order valence-corrected chi connectivity index (χ3v) is 3.59. The minimum absolute atomic E-state index is 0.396. The minimum atomic E-state index is -0.862. The molecular weight excluding hydrogens is 270 g/mol. The predicted octanol–water partition coefficient (Wildman–Crippen LogP) is 0.534. The number of nitrogens with zero attached hydrogens (tertiary/aromatic N) is 3. The van der Waals surface area contributed by atoms with Gasteiger partial charge in [0.05, 0.1) is 11.0 Å². The number of aliphatic carboxylic acids is 1. The summed E-state index contributed by atoms with van der Waals surface area (Å²) in [6, 6.07) is 6.93. The number of fused-ring (bicyclic) bond motifs is 1. The maximum absolute atomic E-state index is 11.5. The van der Waals surface area contributed by atoms with Crippen LogP contribution < -0.4 is 15.5 Å². The Morgan fingerprint density at radius 2 is 2.10 bits per heavy atom. The lowest BCUT2D eigenvalue weighted by Gasteiger charge is -2.35. The van der Waals surface area contributed by atoms with E-state index in [1.807, 2.05) is 24.3 Å². The molecule has 3 rings (SSSR count). The number of carboxylic acid groups (broad SMARTS) is 1. The number of anilines is 2. The Morgan fingerprint density at radius 3 is 2.76 bits per heavy atom. The van der Waals surface area contributed by atoms with Crippen LogP contribution in [0.1, 0.15) is 0 Å². The van der Waals surface area contributed by atoms with Crippen molar-refractivity contribution in [3.8, 4) is 0 Å². The highest BCUT2D eigenvalue weighted by Gasteiger charge is 2.31. The average Bonchev–Trinajstić information content (AvgIpc) is 2.53. The van der Waals surface area contributed by atoms with Crippen molar-refractivity contribution in [3.63, 3.8) is 0 Å². The van der Waals surface area contributed by atoms with Gasteiger partial charge < -0.3 is 20.6 Å². The van der Waals surface area contributed by atoms with Crippen LogP contribution in [0.15, 0.2) is 24.3 Å². The Bertz CT molecular complexity index is 675. The summed E-state index contributed by atoms with van der Waals surface area (Å²) in [6.45, 7) is 1.70. The fourth-order valence-electron chi connectivity index (χ4n) is 2.54. The van der Waals surface area contributed by atoms with Crippen molar-refractivity contribution >= 4 is 28.6 Å². The SMILES string of the molecule is CNc1nc2ccccc2nc1N1CCNC[C@@H]1C(=O)O. The molecule has 0 saturated carbocycles. The van der Waals surface area contributed by atoms with Gasteiger partial charge in [0.25, 0.3) is 0 Å². The van der Waals surface area contributed by atoms with E-state index in [0.29, 0.717) is 24.7 Å². The molecule has 1 aromatic heterocycles. The minimum Gasteiger partial charge on any atom is -0.480 e. The Labute approximate surface area is 122 Å². The molecule has 2 aromatic rings. The quantitative estimate of drug-likeness (QED) is 0.758. The summed E-state index contributed by atoms with van der Waals surface area (Å²) in [7, 11) is 1.76. The van der Waals surface area contributed by atoms with Crippen LogP contribution in [0.3, 0.4) is 0 Å². The fourth-order valence-corrected chi connectivity index (χ4v) is 2.54. The lowest BCUT2D eigenvalue weighted by atomic mass is 10.2. The van der Waals surface area contributed by atoms with E-state index in [9.17, 15) is 9.90 Å². The van der Waals surface area contributed by atoms with E-state index < -0.39 is 12.0 Å². The van der Waals surface area contributed by atoms with Gasteiger partial charge in [0.1, 0.15) is 6.04 Å². The third-order valence-electron chi connectivity index (χ3n) is 3.59. The van der Waals surface area contributed by atoms with Crippen LogP contribution in [0, 0.1) is 0 Å². The van der Waals surface area contributed by atoms with Gasteiger partial charge in [-0.05, 0) is 12.1 Å². The molecule has 1 fully saturated rings. The zero-order chi connectivity index (χ0) is 14.8. The van der Waals surface area contributed by atoms with Crippen molar-refractivity contribution in [1.29, 1.82) is 0 Å². The van der Waals surface area contributed by atoms with Gasteiger partial charge in [0.15, 0.2) is 11.6 Å². The zero-order valence-electron chi connectivity index (χ0n) is 11.7. The number of benzene rings is 1. The highest BCUT2D eigenvalue weighted by Crippen LogP contribution is 2.26. The molecule has 7 nitrogen and oxygen atoms in total. The molecule has 7 heteroatoms. The van der Waals surface area contributed by atoms with Gasteiger partial charge in [-0.1, -0.05) is 12.1 Å². The predicted molar refractivity (Wildman–Crippen MR) is 80.7 cm³/mol. The van der Waals surface area contributed by atoms with Crippen molar-refractivity contribution in [2.75, 3.05) is 36.9 Å². The maximum Gasteiger partial charge on any atom is 0.327 e. The van der Waals surface area contributed by atoms with Crippen molar-refractivity contribution in [3.05, 3.63) is 24.3 Å². The fraction of sp³-hybridized carbons (Fsp3) is 0.357. The van der Waals surface area contributed by atoms with Crippen LogP contribution >= 0.6 is 0 Å². The number of para-hydroxylation sites is 2. The van der Waals surface area contributed by atoms with Crippen molar-refractivity contribution in [2.24, 2.45) is 0 Å². The van der Waals surface area contributed by atoms with Gasteiger partial charge in [0.2, 0.25) is 0 Å². The molecule has 0 unspecified atom stereocenters. The van der Waals surface area contributed by atoms with E-state index in [-0.39, 0.29) is 0 Å². The standard InChI is InChI=1S/C14H17N5O2/c1-15-12-13(18-10-5-3-2-4-9(10)17-12)19-7-6-16-8-11(19)14(20)21/h2-5,11,16H,6-8H2,1H3,(H,15,17)(H,20,21)/t11-/m1/s1. The molecule has 0 amide bonds. The Kier molecular flexibility index (Phi) is 3.57. The number of carbonyl (C=O) groups is 1. The summed E-state index contributed by atoms with van der Waals surface area (Å²) in [5.74, 6) is 0.325. The lowest BCUT2D eigenvalue weighted by Crippen LogP contribution is -2.55. The molecule has 110 valence electrons. The van der Waals surface area contributed by atoms with E-state index in [4.69, 9.17) is 0 Å². The second-order valence-electron chi connectivity index (χ2n) is 4.89. The largest absolute Gasteiger partial charge is 0.480 e. The summed E-state index contributed by atoms with van der Waals surface area (Å²) in [5.41, 5.74) is 1.54. The van der Waals surface area contributed by atoms with E-state index in [0.717, 1.165) is 17.6 Å². The van der Waals surface area contributed by atoms with Crippen molar-refractivity contribution in [2.45, 2.75) is 6.04 Å². The first kappa shape index (κ1) is 13.6. The Balaban J connectivity index is 2.10. The zero-order valence-corrected chi connectivity index (χ0v) is 11.7. The number of aromatic nitrogens is 2. The van der Waals surface area contributed by atoms with E-state index in [1.54, 1.807) is 11.9 Å². The first-order chi connectivity index (χ1) is 10.2. The van der Waals surface area contributed by atoms with Crippen LogP contribution in [-0.4, -0.2) is 53.8 Å². The molecule has 0 bridgehead atoms. The van der Waals surface area contributed by atoms with Crippen molar-refractivity contribution < 1.29 is 9.90 Å². The van der Waals surface area contributed by atoms with Crippen LogP contribution in [0.2, 0.25) is 0 Å². The summed E-state index contributed by atoms with van der Waals surface area (Å²) < 4.78 is 0. The smallest absolute Gasteiger partial charge is 0.327 e. The summed E-state index contributed by atoms with van der Waals surface area (Å²) in [4.78, 5) is 22.4. The van der Waals surface area contributed by atoms with E-state index >= 15 is 0 Å². The van der Waals surface area contributed by atoms with E-state index in [1.165, 1.54) is 0 Å². The molecule has 3 N–H and O–H groups in total. The topological polar surface area (TPSA) is 90.4 Å². The van der Waals surface area contributed by atoms with E-state index in [2.05, 4.69) is 20.6 Å². The van der Waals surface area contributed by atoms with Crippen LogP contribution in [0.5, 0.6) is 0 Å². The Morgan fingerprint density at radius 1 is 1.38 bits per heavy atom. The molecule has 1 aliphatic rings. The summed E-state index contributed by atoms with van der Waals surface area (Å²) >= 11 is 0. The lowest BCUT2D eigenvalue weighted by molar-refractivity contribution is -0.138. The third kappa shape index (κ3) is 2.47. The van der Waals surface area contributed by atoms with Crippen LogP contribution in [0.4, 0.5) is 11.6 Å². The van der Waals surface area contributed by atoms with Gasteiger partial charge in [-0.3, -0.25) is 0 Å². The van der Waals surface area contributed by atoms with Crippen LogP contribution in [-0.2, 0) is 4.79 Å².